The first kappa shape index (κ1) is 19.0. The molecule has 0 atom stereocenters. The molecule has 0 heterocycles. The Hall–Kier alpha value is -0.980. The number of phenols is 1. The zero-order valence-corrected chi connectivity index (χ0v) is 13.8. The summed E-state index contributed by atoms with van der Waals surface area (Å²) in [5.41, 5.74) is 1.09. The lowest BCUT2D eigenvalue weighted by Gasteiger charge is -1.99. The molecule has 0 spiro atoms. The summed E-state index contributed by atoms with van der Waals surface area (Å²) in [5.74, 6) is 0.338. The molecule has 0 saturated carbocycles. The molecule has 1 aromatic carbocycles. The summed E-state index contributed by atoms with van der Waals surface area (Å²) < 4.78 is 0. The number of phenolic OH excluding ortho intramolecular Hbond substituents is 1. The minimum atomic E-state index is 0.338. The number of hydrogen-bond donors (Lipinski definition) is 1. The Balaban J connectivity index is 0.000000388. The zero-order chi connectivity index (χ0) is 15.1. The Morgan fingerprint density at radius 3 is 1.50 bits per heavy atom. The predicted octanol–water partition coefficient (Wildman–Crippen LogP) is 6.63. The minimum absolute atomic E-state index is 0.338. The number of unbranched alkanes of at least 4 members (excludes halogenated alkanes) is 9. The van der Waals surface area contributed by atoms with E-state index in [2.05, 4.69) is 13.8 Å². The van der Waals surface area contributed by atoms with E-state index in [1.165, 1.54) is 64.2 Å². The average Bonchev–Trinajstić information content (AvgIpc) is 2.42. The molecule has 0 unspecified atom stereocenters. The van der Waals surface area contributed by atoms with Crippen LogP contribution in [0.15, 0.2) is 24.3 Å². The second kappa shape index (κ2) is 14.4. The van der Waals surface area contributed by atoms with Gasteiger partial charge in [-0.25, -0.2) is 0 Å². The molecule has 0 saturated heterocycles. The fraction of sp³-hybridized carbons (Fsp3) is 0.684. The largest absolute Gasteiger partial charge is 0.508 e. The topological polar surface area (TPSA) is 20.2 Å². The summed E-state index contributed by atoms with van der Waals surface area (Å²) in [4.78, 5) is 0. The van der Waals surface area contributed by atoms with Crippen molar-refractivity contribution in [2.45, 2.75) is 85.0 Å². The third-order valence-corrected chi connectivity index (χ3v) is 3.46. The minimum Gasteiger partial charge on any atom is -0.508 e. The molecule has 1 aromatic rings. The van der Waals surface area contributed by atoms with E-state index in [0.29, 0.717) is 5.75 Å². The molecule has 1 N–H and O–H groups in total. The van der Waals surface area contributed by atoms with Gasteiger partial charge in [0, 0.05) is 0 Å². The average molecular weight is 278 g/mol. The lowest BCUT2D eigenvalue weighted by atomic mass is 10.1. The van der Waals surface area contributed by atoms with E-state index in [0.717, 1.165) is 5.56 Å². The van der Waals surface area contributed by atoms with E-state index in [1.807, 2.05) is 19.1 Å². The van der Waals surface area contributed by atoms with Crippen molar-refractivity contribution < 1.29 is 5.11 Å². The van der Waals surface area contributed by atoms with E-state index in [-0.39, 0.29) is 0 Å². The third-order valence-electron chi connectivity index (χ3n) is 3.46. The first-order chi connectivity index (χ1) is 9.70. The van der Waals surface area contributed by atoms with Crippen molar-refractivity contribution in [2.75, 3.05) is 0 Å². The molecule has 0 fully saturated rings. The highest BCUT2D eigenvalue weighted by atomic mass is 16.3. The van der Waals surface area contributed by atoms with Crippen LogP contribution in [-0.4, -0.2) is 5.11 Å². The van der Waals surface area contributed by atoms with Gasteiger partial charge in [-0.2, -0.15) is 0 Å². The van der Waals surface area contributed by atoms with Crippen LogP contribution >= 0.6 is 0 Å². The van der Waals surface area contributed by atoms with Gasteiger partial charge in [0.1, 0.15) is 5.75 Å². The van der Waals surface area contributed by atoms with Gasteiger partial charge in [0.15, 0.2) is 0 Å². The highest BCUT2D eigenvalue weighted by Gasteiger charge is 1.90. The summed E-state index contributed by atoms with van der Waals surface area (Å²) >= 11 is 0. The maximum Gasteiger partial charge on any atom is 0.115 e. The Labute approximate surface area is 126 Å². The molecule has 1 heteroatoms. The number of aryl methyl sites for hydroxylation is 1. The van der Waals surface area contributed by atoms with Crippen LogP contribution in [0.4, 0.5) is 0 Å². The fourth-order valence-corrected chi connectivity index (χ4v) is 2.19. The Kier molecular flexibility index (Phi) is 13.7. The lowest BCUT2D eigenvalue weighted by Crippen LogP contribution is -1.80. The number of rotatable bonds is 9. The van der Waals surface area contributed by atoms with E-state index >= 15 is 0 Å². The van der Waals surface area contributed by atoms with E-state index in [4.69, 9.17) is 5.11 Å². The van der Waals surface area contributed by atoms with Gasteiger partial charge in [-0.3, -0.25) is 0 Å². The second-order valence-electron chi connectivity index (χ2n) is 5.67. The summed E-state index contributed by atoms with van der Waals surface area (Å²) in [7, 11) is 0. The zero-order valence-electron chi connectivity index (χ0n) is 13.8. The third kappa shape index (κ3) is 13.5. The normalized spacial score (nSPS) is 9.95. The molecule has 0 bridgehead atoms. The molecule has 20 heavy (non-hydrogen) atoms. The van der Waals surface area contributed by atoms with Gasteiger partial charge in [0.05, 0.1) is 0 Å². The van der Waals surface area contributed by atoms with Crippen molar-refractivity contribution >= 4 is 0 Å². The summed E-state index contributed by atoms with van der Waals surface area (Å²) in [6.45, 7) is 6.50. The Morgan fingerprint density at radius 1 is 0.750 bits per heavy atom. The van der Waals surface area contributed by atoms with Crippen LogP contribution in [0.5, 0.6) is 5.75 Å². The molecule has 0 radical (unpaired) electrons. The van der Waals surface area contributed by atoms with Crippen LogP contribution in [0.1, 0.15) is 83.6 Å². The van der Waals surface area contributed by atoms with Crippen LogP contribution in [-0.2, 0) is 0 Å². The van der Waals surface area contributed by atoms with Gasteiger partial charge < -0.3 is 5.11 Å². The van der Waals surface area contributed by atoms with Crippen LogP contribution < -0.4 is 0 Å². The van der Waals surface area contributed by atoms with Crippen molar-refractivity contribution in [1.29, 1.82) is 0 Å². The van der Waals surface area contributed by atoms with Crippen molar-refractivity contribution in [2.24, 2.45) is 0 Å². The van der Waals surface area contributed by atoms with Gasteiger partial charge in [0.2, 0.25) is 0 Å². The van der Waals surface area contributed by atoms with E-state index in [9.17, 15) is 0 Å². The summed E-state index contributed by atoms with van der Waals surface area (Å²) in [6, 6.07) is 7.15. The number of hydrogen-bond acceptors (Lipinski definition) is 1. The first-order valence-electron chi connectivity index (χ1n) is 8.46. The Bertz CT molecular complexity index is 279. The van der Waals surface area contributed by atoms with Crippen LogP contribution in [0.2, 0.25) is 0 Å². The molecule has 0 aliphatic rings. The summed E-state index contributed by atoms with van der Waals surface area (Å²) in [5, 5.41) is 8.81. The number of aromatic hydroxyl groups is 1. The molecule has 0 aliphatic carbocycles. The molecule has 116 valence electrons. The van der Waals surface area contributed by atoms with Gasteiger partial charge in [-0.1, -0.05) is 90.2 Å². The van der Waals surface area contributed by atoms with E-state index < -0.39 is 0 Å². The quantitative estimate of drug-likeness (QED) is 0.503. The van der Waals surface area contributed by atoms with Crippen molar-refractivity contribution in [3.8, 4) is 5.75 Å². The first-order valence-corrected chi connectivity index (χ1v) is 8.46. The molecule has 1 nitrogen and oxygen atoms in total. The SMILES string of the molecule is CCCCCCCCCCCC.Cc1cccc(O)c1. The molecule has 0 amide bonds. The smallest absolute Gasteiger partial charge is 0.115 e. The molecular formula is C19H34O. The van der Waals surface area contributed by atoms with Crippen molar-refractivity contribution in [1.82, 2.24) is 0 Å². The number of benzene rings is 1. The highest BCUT2D eigenvalue weighted by molar-refractivity contribution is 5.25. The van der Waals surface area contributed by atoms with Crippen LogP contribution in [0.25, 0.3) is 0 Å². The molecule has 0 aliphatic heterocycles. The molecule has 0 aromatic heterocycles. The lowest BCUT2D eigenvalue weighted by molar-refractivity contribution is 0.475. The van der Waals surface area contributed by atoms with Crippen LogP contribution in [0, 0.1) is 6.92 Å². The monoisotopic (exact) mass is 278 g/mol. The maximum atomic E-state index is 8.81. The van der Waals surface area contributed by atoms with Crippen LogP contribution in [0.3, 0.4) is 0 Å². The van der Waals surface area contributed by atoms with Gasteiger partial charge in [0.25, 0.3) is 0 Å². The maximum absolute atomic E-state index is 8.81. The predicted molar refractivity (Wildman–Crippen MR) is 90.4 cm³/mol. The second-order valence-corrected chi connectivity index (χ2v) is 5.67. The summed E-state index contributed by atoms with van der Waals surface area (Å²) in [6.07, 6.45) is 14.4. The molecule has 1 rings (SSSR count). The van der Waals surface area contributed by atoms with Gasteiger partial charge in [-0.05, 0) is 24.6 Å². The Morgan fingerprint density at radius 2 is 1.20 bits per heavy atom. The highest BCUT2D eigenvalue weighted by Crippen LogP contribution is 2.10. The van der Waals surface area contributed by atoms with Gasteiger partial charge >= 0.3 is 0 Å². The van der Waals surface area contributed by atoms with E-state index in [1.54, 1.807) is 12.1 Å². The van der Waals surface area contributed by atoms with Gasteiger partial charge in [-0.15, -0.1) is 0 Å². The molecular weight excluding hydrogens is 244 g/mol. The fourth-order valence-electron chi connectivity index (χ4n) is 2.19. The standard InChI is InChI=1S/C12H26.C7H8O/c1-3-5-7-9-11-12-10-8-6-4-2;1-6-3-2-4-7(8)5-6/h3-12H2,1-2H3;2-5,8H,1H3. The van der Waals surface area contributed by atoms with Crippen molar-refractivity contribution in [3.63, 3.8) is 0 Å². The van der Waals surface area contributed by atoms with Crippen molar-refractivity contribution in [3.05, 3.63) is 29.8 Å².